The molecule has 2 aromatic carbocycles. The Morgan fingerprint density at radius 2 is 1.61 bits per heavy atom. The predicted octanol–water partition coefficient (Wildman–Crippen LogP) is 4.57. The van der Waals surface area contributed by atoms with Crippen LogP contribution in [-0.4, -0.2) is 4.98 Å². The van der Waals surface area contributed by atoms with E-state index in [9.17, 15) is 0 Å². The highest BCUT2D eigenvalue weighted by Gasteiger charge is 2.04. The number of fused-ring (bicyclic) bond motifs is 1. The van der Waals surface area contributed by atoms with Crippen molar-refractivity contribution in [3.05, 3.63) is 48.5 Å². The summed E-state index contributed by atoms with van der Waals surface area (Å²) in [5, 5.41) is 1.04. The Kier molecular flexibility index (Phi) is 3.95. The maximum Gasteiger partial charge on any atom is 0.124 e. The lowest BCUT2D eigenvalue weighted by atomic mass is 10.2. The normalized spacial score (nSPS) is 9.89. The number of hydrogen-bond donors (Lipinski definition) is 1. The minimum atomic E-state index is 0.782. The average Bonchev–Trinajstić information content (AvgIpc) is 2.85. The van der Waals surface area contributed by atoms with Crippen LogP contribution in [0.4, 0.5) is 5.69 Å². The minimum absolute atomic E-state index is 0.782. The molecule has 0 bridgehead atoms. The molecule has 92 valence electrons. The van der Waals surface area contributed by atoms with Crippen molar-refractivity contribution in [2.24, 2.45) is 0 Å². The molecular weight excluding hydrogens is 240 g/mol. The summed E-state index contributed by atoms with van der Waals surface area (Å²) in [4.78, 5) is 4.59. The Labute approximate surface area is 111 Å². The van der Waals surface area contributed by atoms with Crippen molar-refractivity contribution in [2.75, 3.05) is 5.73 Å². The van der Waals surface area contributed by atoms with Gasteiger partial charge >= 0.3 is 0 Å². The lowest BCUT2D eigenvalue weighted by Gasteiger charge is -1.95. The maximum atomic E-state index is 5.66. The van der Waals surface area contributed by atoms with Gasteiger partial charge in [0.25, 0.3) is 0 Å². The second-order valence-corrected chi connectivity index (χ2v) is 4.64. The van der Waals surface area contributed by atoms with E-state index in [-0.39, 0.29) is 0 Å². The zero-order chi connectivity index (χ0) is 13.0. The molecule has 3 heteroatoms. The zero-order valence-electron chi connectivity index (χ0n) is 10.6. The third-order valence-corrected chi connectivity index (χ3v) is 3.54. The van der Waals surface area contributed by atoms with Crippen LogP contribution in [0.15, 0.2) is 48.5 Å². The number of aromatic nitrogens is 1. The van der Waals surface area contributed by atoms with Gasteiger partial charge in [0.05, 0.1) is 10.2 Å². The molecule has 2 N–H and O–H groups in total. The summed E-state index contributed by atoms with van der Waals surface area (Å²) in [6.07, 6.45) is 0. The third kappa shape index (κ3) is 2.51. The van der Waals surface area contributed by atoms with E-state index < -0.39 is 0 Å². The number of nitrogen functional groups attached to an aromatic ring is 1. The second kappa shape index (κ2) is 5.65. The van der Waals surface area contributed by atoms with Crippen LogP contribution in [0, 0.1) is 0 Å². The van der Waals surface area contributed by atoms with Crippen LogP contribution in [0.3, 0.4) is 0 Å². The molecule has 18 heavy (non-hydrogen) atoms. The molecular formula is C15H16N2S. The molecule has 0 unspecified atom stereocenters. The number of rotatable bonds is 1. The summed E-state index contributed by atoms with van der Waals surface area (Å²) in [5.41, 5.74) is 8.62. The van der Waals surface area contributed by atoms with Crippen molar-refractivity contribution in [3.63, 3.8) is 0 Å². The van der Waals surface area contributed by atoms with Gasteiger partial charge in [-0.2, -0.15) is 0 Å². The number of thiazole rings is 1. The smallest absolute Gasteiger partial charge is 0.124 e. The first-order valence-corrected chi connectivity index (χ1v) is 6.86. The third-order valence-electron chi connectivity index (χ3n) is 2.45. The molecule has 0 saturated carbocycles. The first kappa shape index (κ1) is 12.6. The fourth-order valence-corrected chi connectivity index (χ4v) is 2.59. The molecule has 0 radical (unpaired) electrons. The lowest BCUT2D eigenvalue weighted by molar-refractivity contribution is 1.48. The first-order valence-electron chi connectivity index (χ1n) is 6.04. The van der Waals surface area contributed by atoms with Gasteiger partial charge in [-0.15, -0.1) is 11.3 Å². The summed E-state index contributed by atoms with van der Waals surface area (Å²) in [6, 6.07) is 16.0. The van der Waals surface area contributed by atoms with E-state index in [4.69, 9.17) is 5.73 Å². The standard InChI is InChI=1S/C13H10N2S.C2H6/c14-10-7-5-9(6-8-10)13-15-11-3-1-2-4-12(11)16-13;1-2/h1-8H,14H2;1-2H3. The van der Waals surface area contributed by atoms with Gasteiger partial charge in [0.15, 0.2) is 0 Å². The van der Waals surface area contributed by atoms with E-state index >= 15 is 0 Å². The van der Waals surface area contributed by atoms with Crippen LogP contribution >= 0.6 is 11.3 Å². The zero-order valence-corrected chi connectivity index (χ0v) is 11.4. The minimum Gasteiger partial charge on any atom is -0.399 e. The van der Waals surface area contributed by atoms with Crippen molar-refractivity contribution >= 4 is 27.2 Å². The van der Waals surface area contributed by atoms with Crippen LogP contribution in [0.1, 0.15) is 13.8 Å². The number of para-hydroxylation sites is 1. The Morgan fingerprint density at radius 1 is 0.944 bits per heavy atom. The van der Waals surface area contributed by atoms with Gasteiger partial charge in [0.2, 0.25) is 0 Å². The van der Waals surface area contributed by atoms with Gasteiger partial charge in [-0.05, 0) is 36.4 Å². The fourth-order valence-electron chi connectivity index (χ4n) is 1.62. The van der Waals surface area contributed by atoms with Crippen LogP contribution in [0.5, 0.6) is 0 Å². The molecule has 0 spiro atoms. The van der Waals surface area contributed by atoms with Crippen molar-refractivity contribution in [1.82, 2.24) is 4.98 Å². The SMILES string of the molecule is CC.Nc1ccc(-c2nc3ccccc3s2)cc1. The van der Waals surface area contributed by atoms with Crippen molar-refractivity contribution in [1.29, 1.82) is 0 Å². The van der Waals surface area contributed by atoms with Crippen LogP contribution in [-0.2, 0) is 0 Å². The second-order valence-electron chi connectivity index (χ2n) is 3.61. The highest BCUT2D eigenvalue weighted by Crippen LogP contribution is 2.30. The molecule has 0 fully saturated rings. The summed E-state index contributed by atoms with van der Waals surface area (Å²) < 4.78 is 1.22. The quantitative estimate of drug-likeness (QED) is 0.648. The van der Waals surface area contributed by atoms with E-state index in [0.717, 1.165) is 21.8 Å². The molecule has 1 aromatic heterocycles. The predicted molar refractivity (Wildman–Crippen MR) is 80.8 cm³/mol. The van der Waals surface area contributed by atoms with E-state index in [1.807, 2.05) is 56.3 Å². The van der Waals surface area contributed by atoms with Crippen molar-refractivity contribution in [3.8, 4) is 10.6 Å². The molecule has 0 aliphatic heterocycles. The van der Waals surface area contributed by atoms with Gasteiger partial charge < -0.3 is 5.73 Å². The lowest BCUT2D eigenvalue weighted by Crippen LogP contribution is -1.83. The van der Waals surface area contributed by atoms with Crippen molar-refractivity contribution in [2.45, 2.75) is 13.8 Å². The molecule has 3 rings (SSSR count). The highest BCUT2D eigenvalue weighted by atomic mass is 32.1. The van der Waals surface area contributed by atoms with E-state index in [1.54, 1.807) is 11.3 Å². The maximum absolute atomic E-state index is 5.66. The number of anilines is 1. The molecule has 1 heterocycles. The molecule has 2 nitrogen and oxygen atoms in total. The monoisotopic (exact) mass is 256 g/mol. The molecule has 3 aromatic rings. The summed E-state index contributed by atoms with van der Waals surface area (Å²) in [6.45, 7) is 4.00. The summed E-state index contributed by atoms with van der Waals surface area (Å²) >= 11 is 1.70. The first-order chi connectivity index (χ1) is 8.83. The number of benzene rings is 2. The Hall–Kier alpha value is -1.87. The van der Waals surface area contributed by atoms with Gasteiger partial charge in [0.1, 0.15) is 5.01 Å². The van der Waals surface area contributed by atoms with Crippen LogP contribution in [0.2, 0.25) is 0 Å². The van der Waals surface area contributed by atoms with Gasteiger partial charge in [-0.3, -0.25) is 0 Å². The van der Waals surface area contributed by atoms with E-state index in [1.165, 1.54) is 4.70 Å². The van der Waals surface area contributed by atoms with E-state index in [2.05, 4.69) is 11.1 Å². The molecule has 0 aliphatic rings. The number of nitrogens with zero attached hydrogens (tertiary/aromatic N) is 1. The fraction of sp³-hybridized carbons (Fsp3) is 0.133. The van der Waals surface area contributed by atoms with Gasteiger partial charge in [-0.1, -0.05) is 26.0 Å². The van der Waals surface area contributed by atoms with Crippen LogP contribution in [0.25, 0.3) is 20.8 Å². The Morgan fingerprint density at radius 3 is 2.28 bits per heavy atom. The van der Waals surface area contributed by atoms with Crippen molar-refractivity contribution < 1.29 is 0 Å². The highest BCUT2D eigenvalue weighted by molar-refractivity contribution is 7.21. The number of hydrogen-bond acceptors (Lipinski definition) is 3. The average molecular weight is 256 g/mol. The summed E-state index contributed by atoms with van der Waals surface area (Å²) in [5.74, 6) is 0. The molecule has 0 atom stereocenters. The molecule has 0 aliphatic carbocycles. The molecule has 0 amide bonds. The topological polar surface area (TPSA) is 38.9 Å². The van der Waals surface area contributed by atoms with Gasteiger partial charge in [0, 0.05) is 11.3 Å². The number of nitrogens with two attached hydrogens (primary N) is 1. The Balaban J connectivity index is 0.000000574. The summed E-state index contributed by atoms with van der Waals surface area (Å²) in [7, 11) is 0. The van der Waals surface area contributed by atoms with Crippen LogP contribution < -0.4 is 5.73 Å². The Bertz CT molecular complexity index is 593. The van der Waals surface area contributed by atoms with Gasteiger partial charge in [-0.25, -0.2) is 4.98 Å². The largest absolute Gasteiger partial charge is 0.399 e. The molecule has 0 saturated heterocycles. The van der Waals surface area contributed by atoms with E-state index in [0.29, 0.717) is 0 Å².